The van der Waals surface area contributed by atoms with Gasteiger partial charge in [0.1, 0.15) is 5.82 Å². The number of nitrogens with zero attached hydrogens (tertiary/aromatic N) is 1. The number of nitrogen functional groups attached to an aromatic ring is 1. The molecule has 1 heterocycles. The second-order valence-electron chi connectivity index (χ2n) is 7.46. The first-order valence-corrected chi connectivity index (χ1v) is 9.91. The van der Waals surface area contributed by atoms with Gasteiger partial charge in [0.15, 0.2) is 5.78 Å². The molecular weight excluding hydrogens is 362 g/mol. The summed E-state index contributed by atoms with van der Waals surface area (Å²) >= 11 is 0. The van der Waals surface area contributed by atoms with E-state index in [-0.39, 0.29) is 11.7 Å². The number of Topliss-reactive ketones (excluding diaryl/α,β-unsaturated/α-hetero) is 1. The molecule has 1 aromatic heterocycles. The number of nitrogens with two attached hydrogens (primary N) is 1. The topological polar surface area (TPSA) is 85.1 Å². The summed E-state index contributed by atoms with van der Waals surface area (Å²) in [6.45, 7) is 3.62. The molecule has 0 radical (unpaired) electrons. The Labute approximate surface area is 171 Å². The number of amides is 1. The highest BCUT2D eigenvalue weighted by Gasteiger charge is 2.20. The summed E-state index contributed by atoms with van der Waals surface area (Å²) in [7, 11) is 0. The number of carbonyl (C=O) groups excluding carboxylic acids is 2. The molecule has 2 aromatic rings. The molecule has 0 saturated heterocycles. The molecule has 3 N–H and O–H groups in total. The maximum atomic E-state index is 12.5. The monoisotopic (exact) mass is 389 g/mol. The van der Waals surface area contributed by atoms with Crippen molar-refractivity contribution < 1.29 is 9.59 Å². The van der Waals surface area contributed by atoms with E-state index in [4.69, 9.17) is 5.73 Å². The van der Waals surface area contributed by atoms with Crippen molar-refractivity contribution in [2.24, 2.45) is 0 Å². The number of aryl methyl sites for hydroxylation is 2. The second kappa shape index (κ2) is 9.32. The van der Waals surface area contributed by atoms with E-state index in [1.54, 1.807) is 13.0 Å². The number of benzene rings is 1. The van der Waals surface area contributed by atoms with Crippen LogP contribution in [0.1, 0.15) is 36.6 Å². The maximum absolute atomic E-state index is 12.5. The smallest absolute Gasteiger partial charge is 0.248 e. The third kappa shape index (κ3) is 5.64. The lowest BCUT2D eigenvalue weighted by Crippen LogP contribution is -2.39. The number of hydrogen-bond acceptors (Lipinski definition) is 4. The van der Waals surface area contributed by atoms with Crippen LogP contribution in [0.3, 0.4) is 0 Å². The third-order valence-electron chi connectivity index (χ3n) is 5.17. The highest BCUT2D eigenvalue weighted by Crippen LogP contribution is 2.21. The zero-order chi connectivity index (χ0) is 20.8. The lowest BCUT2D eigenvalue weighted by Gasteiger charge is -2.14. The Kier molecular flexibility index (Phi) is 6.60. The molecule has 150 valence electrons. The number of carbonyl (C=O) groups is 2. The van der Waals surface area contributed by atoms with Crippen molar-refractivity contribution in [1.29, 1.82) is 0 Å². The Morgan fingerprint density at radius 3 is 2.66 bits per heavy atom. The van der Waals surface area contributed by atoms with Crippen LogP contribution in [0.25, 0.3) is 0 Å². The number of hydrogen-bond donors (Lipinski definition) is 2. The van der Waals surface area contributed by atoms with Gasteiger partial charge in [0.2, 0.25) is 5.91 Å². The fourth-order valence-corrected chi connectivity index (χ4v) is 3.41. The van der Waals surface area contributed by atoms with Crippen LogP contribution in [-0.4, -0.2) is 22.7 Å². The largest absolute Gasteiger partial charge is 0.384 e. The molecule has 5 heteroatoms. The van der Waals surface area contributed by atoms with Gasteiger partial charge < -0.3 is 11.1 Å². The Morgan fingerprint density at radius 2 is 1.93 bits per heavy atom. The number of aromatic nitrogens is 1. The second-order valence-corrected chi connectivity index (χ2v) is 7.46. The molecule has 1 atom stereocenters. The Bertz CT molecular complexity index is 961. The first-order chi connectivity index (χ1) is 13.9. The normalized spacial score (nSPS) is 14.1. The summed E-state index contributed by atoms with van der Waals surface area (Å²) < 4.78 is 0. The number of ketones is 1. The number of nitrogens with one attached hydrogen (secondary N) is 1. The Hall–Kier alpha value is -3.21. The predicted molar refractivity (Wildman–Crippen MR) is 115 cm³/mol. The molecule has 1 amide bonds. The van der Waals surface area contributed by atoms with E-state index >= 15 is 0 Å². The van der Waals surface area contributed by atoms with Crippen LogP contribution < -0.4 is 11.1 Å². The lowest BCUT2D eigenvalue weighted by atomic mass is 10.0. The van der Waals surface area contributed by atoms with Gasteiger partial charge in [-0.05, 0) is 62.0 Å². The van der Waals surface area contributed by atoms with Crippen molar-refractivity contribution in [1.82, 2.24) is 10.3 Å². The molecule has 0 unspecified atom stereocenters. The van der Waals surface area contributed by atoms with Crippen LogP contribution in [-0.2, 0) is 22.4 Å². The number of allylic oxidation sites excluding steroid dienone is 3. The summed E-state index contributed by atoms with van der Waals surface area (Å²) in [5, 5.41) is 2.84. The highest BCUT2D eigenvalue weighted by molar-refractivity contribution is 5.98. The average molecular weight is 389 g/mol. The fourth-order valence-electron chi connectivity index (χ4n) is 3.41. The van der Waals surface area contributed by atoms with Crippen LogP contribution in [0, 0.1) is 6.92 Å². The van der Waals surface area contributed by atoms with Crippen LogP contribution in [0.5, 0.6) is 0 Å². The maximum Gasteiger partial charge on any atom is 0.248 e. The van der Waals surface area contributed by atoms with Crippen LogP contribution >= 0.6 is 0 Å². The SMILES string of the molecule is Cc1nc(N)ccc1CCC(=O)[C@H](C)NC(=O)C1=CC(Cc2ccccc2)=CC1. The zero-order valence-corrected chi connectivity index (χ0v) is 16.9. The molecule has 0 aliphatic heterocycles. The van der Waals surface area contributed by atoms with Gasteiger partial charge in [-0.3, -0.25) is 9.59 Å². The first kappa shape index (κ1) is 20.5. The molecule has 0 saturated carbocycles. The quantitative estimate of drug-likeness (QED) is 0.724. The van der Waals surface area contributed by atoms with Gasteiger partial charge in [-0.15, -0.1) is 0 Å². The molecule has 0 spiro atoms. The first-order valence-electron chi connectivity index (χ1n) is 9.91. The average Bonchev–Trinajstić information content (AvgIpc) is 3.16. The molecule has 0 bridgehead atoms. The standard InChI is InChI=1S/C24H27N3O2/c1-16-20(11-13-23(25)26-16)10-12-22(28)17(2)27-24(29)21-9-8-19(15-21)14-18-6-4-3-5-7-18/h3-8,11,13,15,17H,9-10,12,14H2,1-2H3,(H2,25,26)(H,27,29)/t17-/m0/s1. The van der Waals surface area contributed by atoms with E-state index in [2.05, 4.69) is 28.5 Å². The molecule has 3 rings (SSSR count). The van der Waals surface area contributed by atoms with E-state index in [9.17, 15) is 9.59 Å². The van der Waals surface area contributed by atoms with E-state index in [0.717, 1.165) is 23.3 Å². The minimum Gasteiger partial charge on any atom is -0.384 e. The predicted octanol–water partition coefficient (Wildman–Crippen LogP) is 3.48. The minimum absolute atomic E-state index is 0.00522. The van der Waals surface area contributed by atoms with Crippen molar-refractivity contribution in [2.75, 3.05) is 5.73 Å². The van der Waals surface area contributed by atoms with Gasteiger partial charge >= 0.3 is 0 Å². The van der Waals surface area contributed by atoms with Crippen molar-refractivity contribution in [3.63, 3.8) is 0 Å². The van der Waals surface area contributed by atoms with E-state index < -0.39 is 6.04 Å². The molecule has 29 heavy (non-hydrogen) atoms. The van der Waals surface area contributed by atoms with Gasteiger partial charge in [0.25, 0.3) is 0 Å². The zero-order valence-electron chi connectivity index (χ0n) is 16.9. The number of anilines is 1. The number of rotatable bonds is 8. The summed E-state index contributed by atoms with van der Waals surface area (Å²) in [4.78, 5) is 29.2. The van der Waals surface area contributed by atoms with E-state index in [1.165, 1.54) is 5.56 Å². The number of pyridine rings is 1. The lowest BCUT2D eigenvalue weighted by molar-refractivity contribution is -0.125. The van der Waals surface area contributed by atoms with Crippen molar-refractivity contribution in [3.05, 3.63) is 82.6 Å². The summed E-state index contributed by atoms with van der Waals surface area (Å²) in [5.74, 6) is 0.310. The van der Waals surface area contributed by atoms with E-state index in [1.807, 2.05) is 37.3 Å². The van der Waals surface area contributed by atoms with Crippen LogP contribution in [0.4, 0.5) is 5.82 Å². The highest BCUT2D eigenvalue weighted by atomic mass is 16.2. The van der Waals surface area contributed by atoms with Gasteiger partial charge in [-0.2, -0.15) is 0 Å². The minimum atomic E-state index is -0.524. The van der Waals surface area contributed by atoms with Gasteiger partial charge in [-0.1, -0.05) is 42.5 Å². The fraction of sp³-hybridized carbons (Fsp3) is 0.292. The van der Waals surface area contributed by atoms with Crippen LogP contribution in [0.15, 0.2) is 65.8 Å². The molecule has 1 aliphatic rings. The molecule has 1 aromatic carbocycles. The van der Waals surface area contributed by atoms with Crippen molar-refractivity contribution >= 4 is 17.5 Å². The third-order valence-corrected chi connectivity index (χ3v) is 5.17. The van der Waals surface area contributed by atoms with E-state index in [0.29, 0.717) is 30.7 Å². The molecule has 5 nitrogen and oxygen atoms in total. The molecule has 0 fully saturated rings. The Morgan fingerprint density at radius 1 is 1.17 bits per heavy atom. The van der Waals surface area contributed by atoms with Gasteiger partial charge in [0.05, 0.1) is 6.04 Å². The van der Waals surface area contributed by atoms with Crippen LogP contribution in [0.2, 0.25) is 0 Å². The molecule has 1 aliphatic carbocycles. The summed E-state index contributed by atoms with van der Waals surface area (Å²) in [5.41, 5.74) is 10.5. The van der Waals surface area contributed by atoms with Crippen molar-refractivity contribution in [3.8, 4) is 0 Å². The van der Waals surface area contributed by atoms with Crippen molar-refractivity contribution in [2.45, 2.75) is 45.6 Å². The molecular formula is C24H27N3O2. The summed E-state index contributed by atoms with van der Waals surface area (Å²) in [6.07, 6.45) is 6.36. The summed E-state index contributed by atoms with van der Waals surface area (Å²) in [6, 6.07) is 13.3. The Balaban J connectivity index is 1.49. The van der Waals surface area contributed by atoms with Gasteiger partial charge in [-0.25, -0.2) is 4.98 Å². The van der Waals surface area contributed by atoms with Gasteiger partial charge in [0, 0.05) is 17.7 Å².